The zero-order valence-corrected chi connectivity index (χ0v) is 15.1. The quantitative estimate of drug-likeness (QED) is 0.360. The van der Waals surface area contributed by atoms with Crippen LogP contribution in [0.5, 0.6) is 0 Å². The molecule has 0 unspecified atom stereocenters. The molecule has 4 rings (SSSR count). The van der Waals surface area contributed by atoms with Gasteiger partial charge in [0.2, 0.25) is 0 Å². The van der Waals surface area contributed by atoms with Gasteiger partial charge < -0.3 is 0 Å². The molecule has 0 aliphatic rings. The molecule has 0 saturated heterocycles. The lowest BCUT2D eigenvalue weighted by atomic mass is 10.0. The maximum atomic E-state index is 6.32. The summed E-state index contributed by atoms with van der Waals surface area (Å²) in [7, 11) is 0. The van der Waals surface area contributed by atoms with Gasteiger partial charge in [-0.2, -0.15) is 0 Å². The Morgan fingerprint density at radius 3 is 1.46 bits per heavy atom. The highest BCUT2D eigenvalue weighted by atomic mass is 16.3. The Morgan fingerprint density at radius 1 is 0.462 bits per heavy atom. The van der Waals surface area contributed by atoms with Gasteiger partial charge in [-0.25, -0.2) is 4.42 Å². The van der Waals surface area contributed by atoms with Crippen LogP contribution in [-0.4, -0.2) is 0 Å². The first-order chi connectivity index (χ1) is 12.7. The van der Waals surface area contributed by atoms with Crippen molar-refractivity contribution in [1.29, 1.82) is 0 Å². The Hall–Kier alpha value is -3.19. The van der Waals surface area contributed by atoms with Crippen LogP contribution in [0.2, 0.25) is 0 Å². The molecular weight excluding hydrogens is 316 g/mol. The van der Waals surface area contributed by atoms with E-state index in [4.69, 9.17) is 4.42 Å². The summed E-state index contributed by atoms with van der Waals surface area (Å²) >= 11 is 0. The molecule has 1 heteroatoms. The van der Waals surface area contributed by atoms with Gasteiger partial charge in [0.15, 0.2) is 0 Å². The van der Waals surface area contributed by atoms with E-state index in [1.807, 2.05) is 6.07 Å². The molecule has 0 aliphatic heterocycles. The summed E-state index contributed by atoms with van der Waals surface area (Å²) in [6.07, 6.45) is 0. The van der Waals surface area contributed by atoms with Gasteiger partial charge in [-0.3, -0.25) is 0 Å². The lowest BCUT2D eigenvalue weighted by Crippen LogP contribution is -1.87. The molecule has 0 aliphatic carbocycles. The largest absolute Gasteiger partial charge is 0.361 e. The van der Waals surface area contributed by atoms with E-state index >= 15 is 0 Å². The maximum Gasteiger partial charge on any atom is 0.361 e. The second-order valence-electron chi connectivity index (χ2n) is 6.68. The SMILES string of the molecule is Cc1cccc(-c2cc(-c3ccccc3)cc(-c3cccc(C)c3)[o+]2)c1. The van der Waals surface area contributed by atoms with E-state index in [0.29, 0.717) is 0 Å². The summed E-state index contributed by atoms with van der Waals surface area (Å²) in [6, 6.07) is 31.6. The van der Waals surface area contributed by atoms with Crippen molar-refractivity contribution in [3.8, 4) is 33.8 Å². The molecule has 1 aromatic heterocycles. The van der Waals surface area contributed by atoms with E-state index in [1.54, 1.807) is 0 Å². The van der Waals surface area contributed by atoms with E-state index in [1.165, 1.54) is 16.7 Å². The van der Waals surface area contributed by atoms with Crippen LogP contribution in [0.15, 0.2) is 95.4 Å². The summed E-state index contributed by atoms with van der Waals surface area (Å²) in [6.45, 7) is 4.21. The first-order valence-electron chi connectivity index (χ1n) is 8.87. The molecule has 3 aromatic carbocycles. The third kappa shape index (κ3) is 3.43. The minimum atomic E-state index is 0.881. The molecule has 0 bridgehead atoms. The molecule has 0 amide bonds. The smallest absolute Gasteiger partial charge is 0.207 e. The van der Waals surface area contributed by atoms with Crippen LogP contribution in [-0.2, 0) is 0 Å². The fourth-order valence-corrected chi connectivity index (χ4v) is 3.18. The van der Waals surface area contributed by atoms with Gasteiger partial charge in [0.1, 0.15) is 0 Å². The number of rotatable bonds is 3. The molecule has 0 saturated carbocycles. The Balaban J connectivity index is 1.93. The highest BCUT2D eigenvalue weighted by Gasteiger charge is 2.20. The van der Waals surface area contributed by atoms with Crippen molar-refractivity contribution in [2.24, 2.45) is 0 Å². The number of hydrogen-bond donors (Lipinski definition) is 0. The Kier molecular flexibility index (Phi) is 4.37. The molecule has 1 nitrogen and oxygen atoms in total. The predicted octanol–water partition coefficient (Wildman–Crippen LogP) is 7.18. The monoisotopic (exact) mass is 337 g/mol. The van der Waals surface area contributed by atoms with Crippen molar-refractivity contribution in [2.75, 3.05) is 0 Å². The predicted molar refractivity (Wildman–Crippen MR) is 109 cm³/mol. The van der Waals surface area contributed by atoms with E-state index in [0.717, 1.165) is 28.2 Å². The first-order valence-corrected chi connectivity index (χ1v) is 8.87. The van der Waals surface area contributed by atoms with Crippen molar-refractivity contribution in [2.45, 2.75) is 13.8 Å². The number of benzene rings is 3. The molecule has 0 radical (unpaired) electrons. The van der Waals surface area contributed by atoms with E-state index in [9.17, 15) is 0 Å². The molecule has 126 valence electrons. The summed E-state index contributed by atoms with van der Waals surface area (Å²) in [5.74, 6) is 1.76. The topological polar surface area (TPSA) is 11.3 Å². The molecule has 1 heterocycles. The highest BCUT2D eigenvalue weighted by Crippen LogP contribution is 2.33. The number of hydrogen-bond acceptors (Lipinski definition) is 0. The van der Waals surface area contributed by atoms with Gasteiger partial charge in [0.05, 0.1) is 23.3 Å². The van der Waals surface area contributed by atoms with Crippen molar-refractivity contribution in [3.63, 3.8) is 0 Å². The van der Waals surface area contributed by atoms with Gasteiger partial charge in [0, 0.05) is 5.56 Å². The molecule has 0 fully saturated rings. The maximum absolute atomic E-state index is 6.32. The van der Waals surface area contributed by atoms with Crippen LogP contribution in [0.3, 0.4) is 0 Å². The van der Waals surface area contributed by atoms with Crippen molar-refractivity contribution in [1.82, 2.24) is 0 Å². The molecule has 26 heavy (non-hydrogen) atoms. The van der Waals surface area contributed by atoms with Crippen LogP contribution < -0.4 is 0 Å². The zero-order chi connectivity index (χ0) is 17.9. The van der Waals surface area contributed by atoms with Crippen LogP contribution >= 0.6 is 0 Å². The van der Waals surface area contributed by atoms with E-state index < -0.39 is 0 Å². The van der Waals surface area contributed by atoms with Crippen molar-refractivity contribution < 1.29 is 4.42 Å². The minimum absolute atomic E-state index is 0.881. The van der Waals surface area contributed by atoms with E-state index in [2.05, 4.69) is 98.8 Å². The second kappa shape index (κ2) is 6.97. The van der Waals surface area contributed by atoms with Crippen molar-refractivity contribution >= 4 is 0 Å². The standard InChI is InChI=1S/C25H21O/c1-18-8-6-12-21(14-18)24-16-23(20-10-4-3-5-11-20)17-25(26-24)22-13-7-9-19(2)15-22/h3-17H,1-2H3/q+1. The normalized spacial score (nSPS) is 10.7. The van der Waals surface area contributed by atoms with E-state index in [-0.39, 0.29) is 0 Å². The zero-order valence-electron chi connectivity index (χ0n) is 15.1. The summed E-state index contributed by atoms with van der Waals surface area (Å²) in [5, 5.41) is 0. The lowest BCUT2D eigenvalue weighted by molar-refractivity contribution is 0.582. The second-order valence-corrected chi connectivity index (χ2v) is 6.68. The fourth-order valence-electron chi connectivity index (χ4n) is 3.18. The molecule has 0 spiro atoms. The molecule has 0 N–H and O–H groups in total. The lowest BCUT2D eigenvalue weighted by Gasteiger charge is -2.03. The Morgan fingerprint density at radius 2 is 0.962 bits per heavy atom. The third-order valence-corrected chi connectivity index (χ3v) is 4.51. The van der Waals surface area contributed by atoms with Crippen LogP contribution in [0.1, 0.15) is 11.1 Å². The van der Waals surface area contributed by atoms with Gasteiger partial charge in [-0.05, 0) is 43.7 Å². The Bertz CT molecular complexity index is 985. The average molecular weight is 337 g/mol. The summed E-state index contributed by atoms with van der Waals surface area (Å²) in [5.41, 5.74) is 6.98. The summed E-state index contributed by atoms with van der Waals surface area (Å²) in [4.78, 5) is 0. The fraction of sp³-hybridized carbons (Fsp3) is 0.0800. The van der Waals surface area contributed by atoms with Crippen LogP contribution in [0.4, 0.5) is 0 Å². The molecular formula is C25H21O+. The van der Waals surface area contributed by atoms with Gasteiger partial charge in [-0.15, -0.1) is 0 Å². The van der Waals surface area contributed by atoms with Crippen LogP contribution in [0.25, 0.3) is 33.8 Å². The van der Waals surface area contributed by atoms with Gasteiger partial charge in [-0.1, -0.05) is 65.7 Å². The van der Waals surface area contributed by atoms with Gasteiger partial charge >= 0.3 is 11.5 Å². The summed E-state index contributed by atoms with van der Waals surface area (Å²) < 4.78 is 6.32. The van der Waals surface area contributed by atoms with Gasteiger partial charge in [0.25, 0.3) is 0 Å². The highest BCUT2D eigenvalue weighted by molar-refractivity contribution is 5.74. The Labute approximate surface area is 154 Å². The first kappa shape index (κ1) is 16.3. The minimum Gasteiger partial charge on any atom is -0.207 e. The molecule has 4 aromatic rings. The molecule has 0 atom stereocenters. The third-order valence-electron chi connectivity index (χ3n) is 4.51. The average Bonchev–Trinajstić information content (AvgIpc) is 2.68. The van der Waals surface area contributed by atoms with Crippen LogP contribution in [0, 0.1) is 13.8 Å². The number of aryl methyl sites for hydroxylation is 2. The van der Waals surface area contributed by atoms with Crippen molar-refractivity contribution in [3.05, 3.63) is 102 Å².